The van der Waals surface area contributed by atoms with Gasteiger partial charge in [0.25, 0.3) is 5.91 Å². The summed E-state index contributed by atoms with van der Waals surface area (Å²) >= 11 is 1.67. The molecule has 2 heterocycles. The Morgan fingerprint density at radius 2 is 2.26 bits per heavy atom. The van der Waals surface area contributed by atoms with Crippen LogP contribution in [-0.2, 0) is 17.6 Å². The minimum atomic E-state index is -0.562. The van der Waals surface area contributed by atoms with E-state index in [1.54, 1.807) is 11.3 Å². The van der Waals surface area contributed by atoms with Crippen molar-refractivity contribution in [2.45, 2.75) is 26.2 Å². The number of nitrogens with one attached hydrogen (secondary N) is 2. The van der Waals surface area contributed by atoms with Crippen molar-refractivity contribution in [1.29, 1.82) is 0 Å². The number of carbonyl (C=O) groups excluding carboxylic acids is 2. The summed E-state index contributed by atoms with van der Waals surface area (Å²) in [6.45, 7) is 1.99. The van der Waals surface area contributed by atoms with Crippen LogP contribution in [0.15, 0.2) is 6.33 Å². The third-order valence-electron chi connectivity index (χ3n) is 3.88. The van der Waals surface area contributed by atoms with Crippen molar-refractivity contribution in [2.24, 2.45) is 5.92 Å². The van der Waals surface area contributed by atoms with Gasteiger partial charge in [0.05, 0.1) is 5.39 Å². The molecule has 2 aromatic rings. The normalized spacial score (nSPS) is 16.7. The molecule has 0 bridgehead atoms. The van der Waals surface area contributed by atoms with Crippen LogP contribution in [0.1, 0.15) is 23.8 Å². The highest BCUT2D eigenvalue weighted by molar-refractivity contribution is 7.18. The van der Waals surface area contributed by atoms with Crippen LogP contribution >= 0.6 is 11.3 Å². The van der Waals surface area contributed by atoms with E-state index in [4.69, 9.17) is 4.74 Å². The van der Waals surface area contributed by atoms with Gasteiger partial charge in [-0.25, -0.2) is 14.8 Å². The molecule has 1 aliphatic carbocycles. The Morgan fingerprint density at radius 3 is 3.04 bits per heavy atom. The predicted molar refractivity (Wildman–Crippen MR) is 86.7 cm³/mol. The third-order valence-corrected chi connectivity index (χ3v) is 5.04. The molecule has 0 aromatic carbocycles. The lowest BCUT2D eigenvalue weighted by Crippen LogP contribution is -2.40. The van der Waals surface area contributed by atoms with E-state index in [9.17, 15) is 9.59 Å². The van der Waals surface area contributed by atoms with Crippen molar-refractivity contribution >= 4 is 33.5 Å². The Kier molecular flexibility index (Phi) is 4.42. The first kappa shape index (κ1) is 15.7. The molecule has 1 atom stereocenters. The smallest absolute Gasteiger partial charge is 0.321 e. The fourth-order valence-corrected chi connectivity index (χ4v) is 4.06. The average molecular weight is 334 g/mol. The molecule has 8 heteroatoms. The van der Waals surface area contributed by atoms with Crippen LogP contribution < -0.4 is 15.4 Å². The molecule has 7 nitrogen and oxygen atoms in total. The monoisotopic (exact) mass is 334 g/mol. The van der Waals surface area contributed by atoms with Gasteiger partial charge in [-0.05, 0) is 30.7 Å². The Hall–Kier alpha value is -2.22. The van der Waals surface area contributed by atoms with Crippen LogP contribution in [-0.4, -0.2) is 35.6 Å². The van der Waals surface area contributed by atoms with Gasteiger partial charge in [0.1, 0.15) is 11.2 Å². The lowest BCUT2D eigenvalue weighted by Gasteiger charge is -2.18. The van der Waals surface area contributed by atoms with Crippen molar-refractivity contribution < 1.29 is 14.3 Å². The molecule has 122 valence electrons. The summed E-state index contributed by atoms with van der Waals surface area (Å²) < 4.78 is 5.54. The van der Waals surface area contributed by atoms with Crippen LogP contribution in [0, 0.1) is 5.92 Å². The zero-order valence-corrected chi connectivity index (χ0v) is 13.8. The summed E-state index contributed by atoms with van der Waals surface area (Å²) in [5, 5.41) is 5.38. The first-order valence-electron chi connectivity index (χ1n) is 7.48. The van der Waals surface area contributed by atoms with E-state index < -0.39 is 11.9 Å². The SMILES string of the molecule is CNC(=O)NC(=O)COc1ncnc2sc3c(c12)CC[C@H](C)C3. The van der Waals surface area contributed by atoms with Gasteiger partial charge in [-0.2, -0.15) is 0 Å². The van der Waals surface area contributed by atoms with E-state index in [0.29, 0.717) is 11.8 Å². The summed E-state index contributed by atoms with van der Waals surface area (Å²) in [6.07, 6.45) is 4.60. The van der Waals surface area contributed by atoms with E-state index in [-0.39, 0.29) is 6.61 Å². The molecule has 0 saturated carbocycles. The van der Waals surface area contributed by atoms with Crippen LogP contribution in [0.5, 0.6) is 5.88 Å². The van der Waals surface area contributed by atoms with Gasteiger partial charge >= 0.3 is 6.03 Å². The molecule has 2 aromatic heterocycles. The van der Waals surface area contributed by atoms with Gasteiger partial charge in [0, 0.05) is 11.9 Å². The number of hydrogen-bond acceptors (Lipinski definition) is 6. The number of hydrogen-bond donors (Lipinski definition) is 2. The highest BCUT2D eigenvalue weighted by Crippen LogP contribution is 2.40. The number of carbonyl (C=O) groups is 2. The number of fused-ring (bicyclic) bond motifs is 3. The molecule has 0 unspecified atom stereocenters. The van der Waals surface area contributed by atoms with Gasteiger partial charge in [-0.15, -0.1) is 11.3 Å². The molecule has 0 fully saturated rings. The summed E-state index contributed by atoms with van der Waals surface area (Å²) in [5.41, 5.74) is 1.24. The third kappa shape index (κ3) is 3.26. The lowest BCUT2D eigenvalue weighted by atomic mass is 9.89. The number of amides is 3. The van der Waals surface area contributed by atoms with E-state index in [0.717, 1.165) is 29.5 Å². The van der Waals surface area contributed by atoms with Crippen molar-refractivity contribution in [1.82, 2.24) is 20.6 Å². The minimum Gasteiger partial charge on any atom is -0.467 e. The molecule has 3 amide bonds. The summed E-state index contributed by atoms with van der Waals surface area (Å²) in [6, 6.07) is -0.562. The Labute approximate surface area is 137 Å². The fourth-order valence-electron chi connectivity index (χ4n) is 2.71. The average Bonchev–Trinajstić information content (AvgIpc) is 2.90. The van der Waals surface area contributed by atoms with Crippen molar-refractivity contribution in [3.05, 3.63) is 16.8 Å². The predicted octanol–water partition coefficient (Wildman–Crippen LogP) is 1.65. The fraction of sp³-hybridized carbons (Fsp3) is 0.467. The van der Waals surface area contributed by atoms with Crippen LogP contribution in [0.25, 0.3) is 10.2 Å². The Balaban J connectivity index is 1.81. The standard InChI is InChI=1S/C15H18N4O3S/c1-8-3-4-9-10(5-8)23-14-12(9)13(17-7-18-14)22-6-11(20)19-15(21)16-2/h7-8H,3-6H2,1-2H3,(H2,16,19,20,21)/t8-/m0/s1. The number of aryl methyl sites for hydroxylation is 1. The Morgan fingerprint density at radius 1 is 1.43 bits per heavy atom. The second kappa shape index (κ2) is 6.49. The number of thiophene rings is 1. The molecular weight excluding hydrogens is 316 g/mol. The summed E-state index contributed by atoms with van der Waals surface area (Å²) in [4.78, 5) is 33.5. The van der Waals surface area contributed by atoms with Gasteiger partial charge in [0.2, 0.25) is 5.88 Å². The highest BCUT2D eigenvalue weighted by Gasteiger charge is 2.23. The van der Waals surface area contributed by atoms with Crippen LogP contribution in [0.3, 0.4) is 0 Å². The van der Waals surface area contributed by atoms with Gasteiger partial charge in [0.15, 0.2) is 6.61 Å². The maximum atomic E-state index is 11.7. The largest absolute Gasteiger partial charge is 0.467 e. The van der Waals surface area contributed by atoms with Crippen LogP contribution in [0.4, 0.5) is 4.79 Å². The van der Waals surface area contributed by atoms with Crippen molar-refractivity contribution in [3.8, 4) is 5.88 Å². The molecule has 1 aliphatic rings. The molecule has 0 radical (unpaired) electrons. The summed E-state index contributed by atoms with van der Waals surface area (Å²) in [7, 11) is 1.44. The molecule has 0 spiro atoms. The molecule has 0 aliphatic heterocycles. The molecular formula is C15H18N4O3S. The topological polar surface area (TPSA) is 93.2 Å². The molecule has 3 rings (SSSR count). The number of rotatable bonds is 3. The second-order valence-electron chi connectivity index (χ2n) is 5.63. The number of ether oxygens (including phenoxy) is 1. The molecule has 23 heavy (non-hydrogen) atoms. The van der Waals surface area contributed by atoms with Gasteiger partial charge in [-0.1, -0.05) is 6.92 Å². The van der Waals surface area contributed by atoms with Gasteiger partial charge in [-0.3, -0.25) is 10.1 Å². The van der Waals surface area contributed by atoms with E-state index in [2.05, 4.69) is 27.5 Å². The second-order valence-corrected chi connectivity index (χ2v) is 6.71. The van der Waals surface area contributed by atoms with E-state index in [1.165, 1.54) is 23.8 Å². The Bertz CT molecular complexity index is 759. The van der Waals surface area contributed by atoms with E-state index >= 15 is 0 Å². The molecule has 2 N–H and O–H groups in total. The van der Waals surface area contributed by atoms with Crippen molar-refractivity contribution in [3.63, 3.8) is 0 Å². The van der Waals surface area contributed by atoms with Gasteiger partial charge < -0.3 is 10.1 Å². The molecule has 0 saturated heterocycles. The van der Waals surface area contributed by atoms with Crippen LogP contribution in [0.2, 0.25) is 0 Å². The zero-order valence-electron chi connectivity index (χ0n) is 13.0. The number of aromatic nitrogens is 2. The summed E-state index contributed by atoms with van der Waals surface area (Å²) in [5.74, 6) is 0.564. The lowest BCUT2D eigenvalue weighted by molar-refractivity contribution is -0.122. The first-order valence-corrected chi connectivity index (χ1v) is 8.29. The van der Waals surface area contributed by atoms with E-state index in [1.807, 2.05) is 0 Å². The maximum absolute atomic E-state index is 11.7. The number of urea groups is 1. The number of nitrogens with zero attached hydrogens (tertiary/aromatic N) is 2. The first-order chi connectivity index (χ1) is 11.1. The number of imide groups is 1. The highest BCUT2D eigenvalue weighted by atomic mass is 32.1. The maximum Gasteiger partial charge on any atom is 0.321 e. The van der Waals surface area contributed by atoms with Crippen molar-refractivity contribution in [2.75, 3.05) is 13.7 Å². The minimum absolute atomic E-state index is 0.263. The quantitative estimate of drug-likeness (QED) is 0.890. The zero-order chi connectivity index (χ0) is 16.4.